The lowest BCUT2D eigenvalue weighted by Gasteiger charge is -2.07. The minimum Gasteiger partial charge on any atom is -0.326 e. The first-order valence-corrected chi connectivity index (χ1v) is 9.97. The number of nitrogens with one attached hydrogen (secondary N) is 1. The number of thiophene rings is 1. The van der Waals surface area contributed by atoms with Crippen LogP contribution in [-0.4, -0.2) is 13.4 Å². The Morgan fingerprint density at radius 2 is 2.14 bits per heavy atom. The van der Waals surface area contributed by atoms with Gasteiger partial charge in [-0.1, -0.05) is 0 Å². The monoisotopic (exact) mass is 343 g/mol. The van der Waals surface area contributed by atoms with Crippen molar-refractivity contribution in [3.63, 3.8) is 0 Å². The molecule has 0 atom stereocenters. The predicted molar refractivity (Wildman–Crippen MR) is 86.5 cm³/mol. The van der Waals surface area contributed by atoms with Crippen LogP contribution in [0.2, 0.25) is 0 Å². The molecule has 2 aromatic rings. The lowest BCUT2D eigenvalue weighted by atomic mass is 10.0. The number of rotatable bonds is 4. The summed E-state index contributed by atoms with van der Waals surface area (Å²) in [6.45, 7) is 2.01. The molecule has 8 heteroatoms. The molecule has 0 bridgehead atoms. The van der Waals surface area contributed by atoms with Crippen molar-refractivity contribution < 1.29 is 8.42 Å². The molecule has 0 spiro atoms. The highest BCUT2D eigenvalue weighted by Crippen LogP contribution is 2.33. The summed E-state index contributed by atoms with van der Waals surface area (Å²) in [5, 5.41) is 2.29. The van der Waals surface area contributed by atoms with Crippen LogP contribution in [0.3, 0.4) is 0 Å². The Labute approximate surface area is 132 Å². The molecule has 5 nitrogen and oxygen atoms in total. The van der Waals surface area contributed by atoms with Crippen LogP contribution in [0, 0.1) is 6.92 Å². The van der Waals surface area contributed by atoms with Gasteiger partial charge in [0.2, 0.25) is 0 Å². The quantitative estimate of drug-likeness (QED) is 0.894. The molecular formula is C13H17N3O2S3. The van der Waals surface area contributed by atoms with Crippen molar-refractivity contribution >= 4 is 37.8 Å². The van der Waals surface area contributed by atoms with Crippen LogP contribution < -0.4 is 10.5 Å². The van der Waals surface area contributed by atoms with Crippen molar-refractivity contribution in [2.24, 2.45) is 5.73 Å². The average molecular weight is 343 g/mol. The smallest absolute Gasteiger partial charge is 0.265 e. The molecular weight excluding hydrogens is 326 g/mol. The molecule has 1 aliphatic carbocycles. The second-order valence-corrected chi connectivity index (χ2v) is 8.74. The highest BCUT2D eigenvalue weighted by atomic mass is 32.2. The van der Waals surface area contributed by atoms with Gasteiger partial charge in [-0.25, -0.2) is 13.4 Å². The zero-order chi connectivity index (χ0) is 15.0. The van der Waals surface area contributed by atoms with Crippen LogP contribution in [0.4, 0.5) is 5.13 Å². The molecule has 114 valence electrons. The van der Waals surface area contributed by atoms with Gasteiger partial charge < -0.3 is 5.73 Å². The Bertz CT molecular complexity index is 738. The Morgan fingerprint density at radius 1 is 1.38 bits per heavy atom. The van der Waals surface area contributed by atoms with Crippen LogP contribution in [-0.2, 0) is 29.4 Å². The third-order valence-corrected chi connectivity index (χ3v) is 7.54. The van der Waals surface area contributed by atoms with Gasteiger partial charge in [-0.05, 0) is 43.6 Å². The number of aryl methyl sites for hydroxylation is 3. The number of hydrogen-bond acceptors (Lipinski definition) is 6. The highest BCUT2D eigenvalue weighted by molar-refractivity contribution is 7.93. The zero-order valence-electron chi connectivity index (χ0n) is 11.7. The molecule has 0 aromatic carbocycles. The summed E-state index contributed by atoms with van der Waals surface area (Å²) in [4.78, 5) is 6.63. The maximum atomic E-state index is 12.6. The van der Waals surface area contributed by atoms with Crippen LogP contribution in [0.1, 0.15) is 33.9 Å². The number of nitrogens with two attached hydrogens (primary N) is 1. The van der Waals surface area contributed by atoms with Gasteiger partial charge in [0.25, 0.3) is 10.0 Å². The molecule has 0 amide bonds. The minimum absolute atomic E-state index is 0.225. The van der Waals surface area contributed by atoms with Gasteiger partial charge in [-0.2, -0.15) is 0 Å². The van der Waals surface area contributed by atoms with E-state index in [0.717, 1.165) is 36.9 Å². The first-order valence-electron chi connectivity index (χ1n) is 6.79. The molecule has 3 rings (SSSR count). The fourth-order valence-electron chi connectivity index (χ4n) is 2.55. The fraction of sp³-hybridized carbons (Fsp3) is 0.462. The SMILES string of the molecule is Cc1csc(CN)c1S(=O)(=O)Nc1nc2c(s1)CCCC2. The Morgan fingerprint density at radius 3 is 2.86 bits per heavy atom. The van der Waals surface area contributed by atoms with Gasteiger partial charge in [0.1, 0.15) is 4.90 Å². The van der Waals surface area contributed by atoms with E-state index in [2.05, 4.69) is 9.71 Å². The van der Waals surface area contributed by atoms with Gasteiger partial charge in [-0.15, -0.1) is 22.7 Å². The van der Waals surface area contributed by atoms with Crippen molar-refractivity contribution in [3.05, 3.63) is 26.4 Å². The topological polar surface area (TPSA) is 85.1 Å². The Balaban J connectivity index is 1.92. The predicted octanol–water partition coefficient (Wildman–Crippen LogP) is 2.65. The van der Waals surface area contributed by atoms with Gasteiger partial charge in [-0.3, -0.25) is 4.72 Å². The van der Waals surface area contributed by atoms with Crippen LogP contribution in [0.5, 0.6) is 0 Å². The van der Waals surface area contributed by atoms with Gasteiger partial charge in [0.15, 0.2) is 5.13 Å². The van der Waals surface area contributed by atoms with E-state index in [0.29, 0.717) is 14.9 Å². The molecule has 2 heterocycles. The number of anilines is 1. The molecule has 2 aromatic heterocycles. The minimum atomic E-state index is -3.61. The van der Waals surface area contributed by atoms with Crippen molar-refractivity contribution in [1.82, 2.24) is 4.98 Å². The summed E-state index contributed by atoms with van der Waals surface area (Å²) in [6.07, 6.45) is 4.23. The molecule has 0 unspecified atom stereocenters. The molecule has 0 fully saturated rings. The van der Waals surface area contributed by atoms with Crippen molar-refractivity contribution in [2.75, 3.05) is 4.72 Å². The molecule has 0 saturated carbocycles. The average Bonchev–Trinajstić information content (AvgIpc) is 3.00. The Kier molecular flexibility index (Phi) is 4.04. The van der Waals surface area contributed by atoms with E-state index in [9.17, 15) is 8.42 Å². The first kappa shape index (κ1) is 15.0. The first-order chi connectivity index (χ1) is 10.0. The summed E-state index contributed by atoms with van der Waals surface area (Å²) in [5.74, 6) is 0. The molecule has 0 saturated heterocycles. The van der Waals surface area contributed by atoms with E-state index in [1.807, 2.05) is 5.38 Å². The van der Waals surface area contributed by atoms with Gasteiger partial charge >= 0.3 is 0 Å². The van der Waals surface area contributed by atoms with Gasteiger partial charge in [0, 0.05) is 16.3 Å². The van der Waals surface area contributed by atoms with E-state index in [1.165, 1.54) is 27.6 Å². The summed E-state index contributed by atoms with van der Waals surface area (Å²) in [5.41, 5.74) is 7.42. The summed E-state index contributed by atoms with van der Waals surface area (Å²) >= 11 is 2.83. The summed E-state index contributed by atoms with van der Waals surface area (Å²) in [7, 11) is -3.61. The van der Waals surface area contributed by atoms with E-state index in [-0.39, 0.29) is 6.54 Å². The fourth-order valence-corrected chi connectivity index (χ4v) is 6.54. The molecule has 0 radical (unpaired) electrons. The maximum Gasteiger partial charge on any atom is 0.265 e. The van der Waals surface area contributed by atoms with Crippen LogP contribution in [0.15, 0.2) is 10.3 Å². The molecule has 3 N–H and O–H groups in total. The number of hydrogen-bond donors (Lipinski definition) is 2. The Hall–Kier alpha value is -0.960. The number of sulfonamides is 1. The highest BCUT2D eigenvalue weighted by Gasteiger charge is 2.25. The number of fused-ring (bicyclic) bond motifs is 1. The van der Waals surface area contributed by atoms with Gasteiger partial charge in [0.05, 0.1) is 5.69 Å². The van der Waals surface area contributed by atoms with E-state index in [1.54, 1.807) is 6.92 Å². The number of thiazole rings is 1. The standard InChI is InChI=1S/C13H17N3O2S3/c1-8-7-19-11(6-14)12(8)21(17,18)16-13-15-9-4-2-3-5-10(9)20-13/h7H,2-6,14H2,1H3,(H,15,16). The molecule has 21 heavy (non-hydrogen) atoms. The summed E-state index contributed by atoms with van der Waals surface area (Å²) in [6, 6.07) is 0. The van der Waals surface area contributed by atoms with Crippen molar-refractivity contribution in [1.29, 1.82) is 0 Å². The normalized spacial score (nSPS) is 15.0. The van der Waals surface area contributed by atoms with E-state index >= 15 is 0 Å². The van der Waals surface area contributed by atoms with E-state index < -0.39 is 10.0 Å². The number of aromatic nitrogens is 1. The zero-order valence-corrected chi connectivity index (χ0v) is 14.1. The lowest BCUT2D eigenvalue weighted by Crippen LogP contribution is -2.15. The molecule has 0 aliphatic heterocycles. The van der Waals surface area contributed by atoms with E-state index in [4.69, 9.17) is 5.73 Å². The number of nitrogens with zero attached hydrogens (tertiary/aromatic N) is 1. The second kappa shape index (κ2) is 5.68. The van der Waals surface area contributed by atoms with Crippen LogP contribution in [0.25, 0.3) is 0 Å². The second-order valence-electron chi connectivity index (χ2n) is 5.08. The third-order valence-electron chi connectivity index (χ3n) is 3.51. The third kappa shape index (κ3) is 2.85. The molecule has 1 aliphatic rings. The maximum absolute atomic E-state index is 12.6. The van der Waals surface area contributed by atoms with Crippen molar-refractivity contribution in [3.8, 4) is 0 Å². The lowest BCUT2D eigenvalue weighted by molar-refractivity contribution is 0.600. The largest absolute Gasteiger partial charge is 0.326 e. The van der Waals surface area contributed by atoms with Crippen LogP contribution >= 0.6 is 22.7 Å². The van der Waals surface area contributed by atoms with Crippen molar-refractivity contribution in [2.45, 2.75) is 44.0 Å². The summed E-state index contributed by atoms with van der Waals surface area (Å²) < 4.78 is 27.8.